The molecule has 0 aliphatic carbocycles. The molecule has 27 heavy (non-hydrogen) atoms. The van der Waals surface area contributed by atoms with Crippen molar-refractivity contribution in [2.45, 2.75) is 33.7 Å². The Labute approximate surface area is 161 Å². The third-order valence-electron chi connectivity index (χ3n) is 3.98. The maximum absolute atomic E-state index is 12.7. The second kappa shape index (κ2) is 8.43. The average molecular weight is 391 g/mol. The fourth-order valence-electron chi connectivity index (χ4n) is 2.96. The zero-order valence-electron chi connectivity index (χ0n) is 16.3. The van der Waals surface area contributed by atoms with E-state index in [0.29, 0.717) is 23.7 Å². The maximum atomic E-state index is 12.7. The molecular weight excluding hydrogens is 364 g/mol. The summed E-state index contributed by atoms with van der Waals surface area (Å²) in [6.45, 7) is 7.83. The van der Waals surface area contributed by atoms with Crippen LogP contribution in [0.5, 0.6) is 5.75 Å². The van der Waals surface area contributed by atoms with Gasteiger partial charge in [-0.1, -0.05) is 6.07 Å². The third-order valence-corrected chi connectivity index (χ3v) is 5.22. The molecule has 0 unspecified atom stereocenters. The summed E-state index contributed by atoms with van der Waals surface area (Å²) < 4.78 is 31.2. The number of carbonyl (C=O) groups excluding carboxylic acids is 1. The normalized spacial score (nSPS) is 12.3. The summed E-state index contributed by atoms with van der Waals surface area (Å²) >= 11 is 0. The molecule has 0 saturated carbocycles. The lowest BCUT2D eigenvalue weighted by Gasteiger charge is -2.28. The van der Waals surface area contributed by atoms with Crippen molar-refractivity contribution < 1.29 is 17.9 Å². The van der Waals surface area contributed by atoms with Crippen LogP contribution in [0.25, 0.3) is 0 Å². The minimum Gasteiger partial charge on any atom is -0.494 e. The second-order valence-electron chi connectivity index (χ2n) is 6.53. The van der Waals surface area contributed by atoms with Crippen molar-refractivity contribution in [2.75, 3.05) is 22.5 Å². The van der Waals surface area contributed by atoms with E-state index in [-0.39, 0.29) is 0 Å². The fourth-order valence-corrected chi connectivity index (χ4v) is 4.13. The van der Waals surface area contributed by atoms with Crippen LogP contribution in [0.3, 0.4) is 0 Å². The molecule has 1 amide bonds. The van der Waals surface area contributed by atoms with Crippen LogP contribution in [0.15, 0.2) is 42.5 Å². The van der Waals surface area contributed by atoms with Crippen LogP contribution in [0, 0.1) is 13.8 Å². The van der Waals surface area contributed by atoms with Gasteiger partial charge < -0.3 is 10.1 Å². The summed E-state index contributed by atoms with van der Waals surface area (Å²) in [6.07, 6.45) is 1.09. The molecule has 1 N–H and O–H groups in total. The Bertz CT molecular complexity index is 888. The highest BCUT2D eigenvalue weighted by atomic mass is 32.2. The zero-order valence-corrected chi connectivity index (χ0v) is 17.1. The Morgan fingerprint density at radius 3 is 2.15 bits per heavy atom. The molecule has 0 fully saturated rings. The van der Waals surface area contributed by atoms with Gasteiger partial charge in [-0.05, 0) is 75.2 Å². The molecule has 2 rings (SSSR count). The first-order valence-electron chi connectivity index (χ1n) is 8.73. The van der Waals surface area contributed by atoms with Gasteiger partial charge in [0.1, 0.15) is 11.8 Å². The molecule has 0 spiro atoms. The van der Waals surface area contributed by atoms with Crippen LogP contribution >= 0.6 is 0 Å². The Balaban J connectivity index is 2.28. The number of sulfonamides is 1. The number of carbonyl (C=O) groups is 1. The summed E-state index contributed by atoms with van der Waals surface area (Å²) in [5.41, 5.74) is 3.09. The van der Waals surface area contributed by atoms with Crippen molar-refractivity contribution in [3.05, 3.63) is 53.6 Å². The molecule has 0 heterocycles. The highest BCUT2D eigenvalue weighted by Gasteiger charge is 2.29. The molecule has 0 saturated heterocycles. The van der Waals surface area contributed by atoms with E-state index >= 15 is 0 Å². The van der Waals surface area contributed by atoms with E-state index in [9.17, 15) is 13.2 Å². The lowest BCUT2D eigenvalue weighted by Crippen LogP contribution is -2.45. The van der Waals surface area contributed by atoms with Crippen molar-refractivity contribution >= 4 is 27.3 Å². The predicted molar refractivity (Wildman–Crippen MR) is 109 cm³/mol. The summed E-state index contributed by atoms with van der Waals surface area (Å²) in [4.78, 5) is 12.7. The van der Waals surface area contributed by atoms with Crippen LogP contribution in [0.2, 0.25) is 0 Å². The summed E-state index contributed by atoms with van der Waals surface area (Å²) in [5, 5.41) is 2.81. The Morgan fingerprint density at radius 2 is 1.67 bits per heavy atom. The Morgan fingerprint density at radius 1 is 1.11 bits per heavy atom. The number of rotatable bonds is 7. The molecule has 2 aromatic rings. The van der Waals surface area contributed by atoms with Crippen molar-refractivity contribution in [3.63, 3.8) is 0 Å². The molecule has 7 heteroatoms. The molecule has 0 bridgehead atoms. The second-order valence-corrected chi connectivity index (χ2v) is 8.39. The van der Waals surface area contributed by atoms with Gasteiger partial charge in [0.25, 0.3) is 0 Å². The van der Waals surface area contributed by atoms with Crippen LogP contribution < -0.4 is 14.4 Å². The Hall–Kier alpha value is -2.54. The lowest BCUT2D eigenvalue weighted by molar-refractivity contribution is -0.116. The van der Waals surface area contributed by atoms with E-state index in [1.807, 2.05) is 39.0 Å². The molecular formula is C20H26N2O4S. The lowest BCUT2D eigenvalue weighted by atomic mass is 10.1. The Kier molecular flexibility index (Phi) is 6.49. The summed E-state index contributed by atoms with van der Waals surface area (Å²) in [5.74, 6) is 0.237. The van der Waals surface area contributed by atoms with Crippen molar-refractivity contribution in [1.29, 1.82) is 0 Å². The van der Waals surface area contributed by atoms with Crippen LogP contribution in [0.4, 0.5) is 11.4 Å². The standard InChI is InChI=1S/C20H26N2O4S/c1-6-26-19-9-7-18(8-10-19)22(27(5,24)25)16(4)20(23)21-17-12-14(2)11-15(3)13-17/h7-13,16H,6H2,1-5H3,(H,21,23)/t16-/m1/s1. The maximum Gasteiger partial charge on any atom is 0.247 e. The number of benzene rings is 2. The molecule has 146 valence electrons. The minimum atomic E-state index is -3.66. The van der Waals surface area contributed by atoms with Crippen molar-refractivity contribution in [1.82, 2.24) is 0 Å². The topological polar surface area (TPSA) is 75.7 Å². The molecule has 6 nitrogen and oxygen atoms in total. The number of hydrogen-bond acceptors (Lipinski definition) is 4. The largest absolute Gasteiger partial charge is 0.494 e. The van der Waals surface area contributed by atoms with Gasteiger partial charge in [0.15, 0.2) is 0 Å². The third kappa shape index (κ3) is 5.47. The zero-order chi connectivity index (χ0) is 20.2. The van der Waals surface area contributed by atoms with Gasteiger partial charge in [-0.3, -0.25) is 9.10 Å². The SMILES string of the molecule is CCOc1ccc(N([C@H](C)C(=O)Nc2cc(C)cc(C)c2)S(C)(=O)=O)cc1. The molecule has 0 aromatic heterocycles. The van der Waals surface area contributed by atoms with Crippen LogP contribution in [0.1, 0.15) is 25.0 Å². The number of ether oxygens (including phenoxy) is 1. The van der Waals surface area contributed by atoms with Gasteiger partial charge in [0.2, 0.25) is 15.9 Å². The number of amides is 1. The molecule has 0 aliphatic rings. The van der Waals surface area contributed by atoms with E-state index in [1.165, 1.54) is 0 Å². The number of nitrogens with one attached hydrogen (secondary N) is 1. The number of hydrogen-bond donors (Lipinski definition) is 1. The minimum absolute atomic E-state index is 0.403. The van der Waals surface area contributed by atoms with Crippen molar-refractivity contribution in [3.8, 4) is 5.75 Å². The highest BCUT2D eigenvalue weighted by Crippen LogP contribution is 2.25. The van der Waals surface area contributed by atoms with E-state index in [1.54, 1.807) is 31.2 Å². The van der Waals surface area contributed by atoms with E-state index in [2.05, 4.69) is 5.32 Å². The van der Waals surface area contributed by atoms with Gasteiger partial charge in [-0.2, -0.15) is 0 Å². The summed E-state index contributed by atoms with van der Waals surface area (Å²) in [6, 6.07) is 11.4. The first-order valence-corrected chi connectivity index (χ1v) is 10.6. The number of anilines is 2. The van der Waals surface area contributed by atoms with Crippen LogP contribution in [-0.2, 0) is 14.8 Å². The van der Waals surface area contributed by atoms with E-state index < -0.39 is 22.0 Å². The predicted octanol–water partition coefficient (Wildman–Crippen LogP) is 3.50. The van der Waals surface area contributed by atoms with Gasteiger partial charge in [-0.15, -0.1) is 0 Å². The first-order chi connectivity index (χ1) is 12.6. The molecule has 0 aliphatic heterocycles. The van der Waals surface area contributed by atoms with Gasteiger partial charge in [-0.25, -0.2) is 8.42 Å². The van der Waals surface area contributed by atoms with Gasteiger partial charge >= 0.3 is 0 Å². The quantitative estimate of drug-likeness (QED) is 0.785. The van der Waals surface area contributed by atoms with Crippen molar-refractivity contribution in [2.24, 2.45) is 0 Å². The van der Waals surface area contributed by atoms with Gasteiger partial charge in [0.05, 0.1) is 18.6 Å². The first kappa shape index (κ1) is 20.8. The van der Waals surface area contributed by atoms with Gasteiger partial charge in [0, 0.05) is 5.69 Å². The fraction of sp³-hybridized carbons (Fsp3) is 0.350. The summed E-state index contributed by atoms with van der Waals surface area (Å²) in [7, 11) is -3.66. The molecule has 1 atom stereocenters. The number of nitrogens with zero attached hydrogens (tertiary/aromatic N) is 1. The number of aryl methyl sites for hydroxylation is 2. The van der Waals surface area contributed by atoms with Crippen LogP contribution in [-0.4, -0.2) is 33.2 Å². The monoisotopic (exact) mass is 390 g/mol. The smallest absolute Gasteiger partial charge is 0.247 e. The van der Waals surface area contributed by atoms with E-state index in [4.69, 9.17) is 4.74 Å². The molecule has 2 aromatic carbocycles. The molecule has 0 radical (unpaired) electrons. The van der Waals surface area contributed by atoms with E-state index in [0.717, 1.165) is 21.7 Å². The highest BCUT2D eigenvalue weighted by molar-refractivity contribution is 7.92. The average Bonchev–Trinajstić information content (AvgIpc) is 2.54.